The molecule has 0 spiro atoms. The third kappa shape index (κ3) is 1.80. The van der Waals surface area contributed by atoms with E-state index in [4.69, 9.17) is 4.74 Å². The van der Waals surface area contributed by atoms with Crippen molar-refractivity contribution in [1.82, 2.24) is 0 Å². The van der Waals surface area contributed by atoms with Crippen LogP contribution < -0.4 is 0 Å². The predicted molar refractivity (Wildman–Crippen MR) is 56.2 cm³/mol. The first-order valence-electron chi connectivity index (χ1n) is 4.61. The fourth-order valence-electron chi connectivity index (χ4n) is 1.84. The summed E-state index contributed by atoms with van der Waals surface area (Å²) in [5, 5.41) is 0. The molecule has 0 radical (unpaired) electrons. The second-order valence-corrected chi connectivity index (χ2v) is 5.12. The zero-order chi connectivity index (χ0) is 10.9. The summed E-state index contributed by atoms with van der Waals surface area (Å²) in [6.07, 6.45) is 2.70. The highest BCUT2D eigenvalue weighted by Crippen LogP contribution is 2.52. The fourth-order valence-corrected chi connectivity index (χ4v) is 2.66. The van der Waals surface area contributed by atoms with Crippen LogP contribution in [-0.4, -0.2) is 29.9 Å². The van der Waals surface area contributed by atoms with Gasteiger partial charge in [-0.25, -0.2) is 0 Å². The monoisotopic (exact) mass is 216 g/mol. The Bertz CT molecular complexity index is 264. The Hall–Kier alpha value is -0.510. The van der Waals surface area contributed by atoms with Crippen LogP contribution in [0.1, 0.15) is 20.3 Å². The minimum atomic E-state index is -0.551. The molecule has 0 heterocycles. The number of carbonyl (C=O) groups excluding carboxylic acids is 2. The molecule has 80 valence electrons. The van der Waals surface area contributed by atoms with Gasteiger partial charge in [0.15, 0.2) is 0 Å². The zero-order valence-electron chi connectivity index (χ0n) is 8.99. The molecule has 0 aliphatic heterocycles. The van der Waals surface area contributed by atoms with Gasteiger partial charge in [0.2, 0.25) is 0 Å². The normalized spacial score (nSPS) is 29.1. The summed E-state index contributed by atoms with van der Waals surface area (Å²) in [4.78, 5) is 22.7. The van der Waals surface area contributed by atoms with Crippen molar-refractivity contribution in [2.75, 3.05) is 13.4 Å². The van der Waals surface area contributed by atoms with E-state index in [9.17, 15) is 9.59 Å². The topological polar surface area (TPSA) is 43.4 Å². The molecule has 3 nitrogen and oxygen atoms in total. The molecule has 1 saturated carbocycles. The average Bonchev–Trinajstić information content (AvgIpc) is 2.95. The molecule has 4 heteroatoms. The number of methoxy groups -OCH3 is 1. The van der Waals surface area contributed by atoms with Gasteiger partial charge >= 0.3 is 5.97 Å². The maximum absolute atomic E-state index is 11.6. The lowest BCUT2D eigenvalue weighted by Gasteiger charge is -2.24. The van der Waals surface area contributed by atoms with Crippen LogP contribution in [0, 0.1) is 11.8 Å². The van der Waals surface area contributed by atoms with Crippen molar-refractivity contribution in [3.8, 4) is 0 Å². The van der Waals surface area contributed by atoms with Gasteiger partial charge in [0.05, 0.1) is 7.11 Å². The molecule has 1 aliphatic carbocycles. The van der Waals surface area contributed by atoms with E-state index >= 15 is 0 Å². The first-order chi connectivity index (χ1) is 6.47. The van der Waals surface area contributed by atoms with E-state index in [-0.39, 0.29) is 23.6 Å². The third-order valence-electron chi connectivity index (χ3n) is 3.03. The van der Waals surface area contributed by atoms with Gasteiger partial charge in [-0.1, -0.05) is 0 Å². The van der Waals surface area contributed by atoms with E-state index < -0.39 is 4.75 Å². The van der Waals surface area contributed by atoms with Crippen LogP contribution in [0.4, 0.5) is 0 Å². The van der Waals surface area contributed by atoms with Gasteiger partial charge in [-0.3, -0.25) is 9.59 Å². The van der Waals surface area contributed by atoms with Crippen LogP contribution in [-0.2, 0) is 14.3 Å². The Balaban J connectivity index is 2.73. The number of hydrogen-bond donors (Lipinski definition) is 0. The van der Waals surface area contributed by atoms with Crippen molar-refractivity contribution in [3.63, 3.8) is 0 Å². The SMILES string of the molecule is COC(=O)C(C)(SC)C1CC1C(C)=O. The first-order valence-corrected chi connectivity index (χ1v) is 5.83. The lowest BCUT2D eigenvalue weighted by molar-refractivity contribution is -0.143. The number of rotatable bonds is 4. The molecule has 0 aromatic carbocycles. The Morgan fingerprint density at radius 2 is 2.07 bits per heavy atom. The van der Waals surface area contributed by atoms with E-state index in [1.165, 1.54) is 18.9 Å². The molecule has 0 saturated heterocycles. The van der Waals surface area contributed by atoms with Gasteiger partial charge in [0, 0.05) is 5.92 Å². The molecule has 0 bridgehead atoms. The molecule has 0 N–H and O–H groups in total. The smallest absolute Gasteiger partial charge is 0.321 e. The lowest BCUT2D eigenvalue weighted by Crippen LogP contribution is -2.36. The number of Topliss-reactive ketones (excluding diaryl/α,β-unsaturated/α-hetero) is 1. The van der Waals surface area contributed by atoms with Gasteiger partial charge in [-0.05, 0) is 32.4 Å². The highest BCUT2D eigenvalue weighted by Gasteiger charge is 2.56. The lowest BCUT2D eigenvalue weighted by atomic mass is 10.0. The second kappa shape index (κ2) is 3.93. The molecule has 3 unspecified atom stereocenters. The summed E-state index contributed by atoms with van der Waals surface area (Å²) < 4.78 is 4.21. The van der Waals surface area contributed by atoms with Crippen molar-refractivity contribution < 1.29 is 14.3 Å². The van der Waals surface area contributed by atoms with Gasteiger partial charge in [0.1, 0.15) is 10.5 Å². The van der Waals surface area contributed by atoms with Crippen LogP contribution in [0.5, 0.6) is 0 Å². The van der Waals surface area contributed by atoms with Gasteiger partial charge in [-0.15, -0.1) is 11.8 Å². The van der Waals surface area contributed by atoms with Crippen molar-refractivity contribution in [2.24, 2.45) is 11.8 Å². The van der Waals surface area contributed by atoms with Crippen molar-refractivity contribution in [2.45, 2.75) is 25.0 Å². The van der Waals surface area contributed by atoms with Crippen molar-refractivity contribution in [3.05, 3.63) is 0 Å². The Kier molecular flexibility index (Phi) is 3.24. The third-order valence-corrected chi connectivity index (χ3v) is 4.35. The molecule has 0 amide bonds. The molecule has 1 aliphatic rings. The van der Waals surface area contributed by atoms with E-state index in [1.54, 1.807) is 6.92 Å². The molecule has 1 rings (SSSR count). The predicted octanol–water partition coefficient (Wildman–Crippen LogP) is 1.51. The molecule has 14 heavy (non-hydrogen) atoms. The molecular weight excluding hydrogens is 200 g/mol. The minimum absolute atomic E-state index is 0.0616. The van der Waals surface area contributed by atoms with E-state index in [2.05, 4.69) is 0 Å². The van der Waals surface area contributed by atoms with Gasteiger partial charge < -0.3 is 4.74 Å². The second-order valence-electron chi connectivity index (χ2n) is 3.86. The summed E-state index contributed by atoms with van der Waals surface area (Å²) in [7, 11) is 1.39. The standard InChI is InChI=1S/C10H16O3S/c1-6(11)7-5-8(7)10(2,14-4)9(12)13-3/h7-8H,5H2,1-4H3. The van der Waals surface area contributed by atoms with E-state index in [1.807, 2.05) is 13.2 Å². The maximum Gasteiger partial charge on any atom is 0.321 e. The number of carbonyl (C=O) groups is 2. The molecule has 1 fully saturated rings. The quantitative estimate of drug-likeness (QED) is 0.668. The zero-order valence-corrected chi connectivity index (χ0v) is 9.81. The van der Waals surface area contributed by atoms with Crippen LogP contribution in [0.3, 0.4) is 0 Å². The van der Waals surface area contributed by atoms with Crippen molar-refractivity contribution >= 4 is 23.5 Å². The number of ether oxygens (including phenoxy) is 1. The van der Waals surface area contributed by atoms with E-state index in [0.717, 1.165) is 6.42 Å². The largest absolute Gasteiger partial charge is 0.468 e. The van der Waals surface area contributed by atoms with Crippen LogP contribution in [0.25, 0.3) is 0 Å². The summed E-state index contributed by atoms with van der Waals surface area (Å²) in [6.45, 7) is 3.44. The highest BCUT2D eigenvalue weighted by atomic mass is 32.2. The molecule has 0 aromatic heterocycles. The number of esters is 1. The summed E-state index contributed by atoms with van der Waals surface area (Å²) >= 11 is 1.47. The Morgan fingerprint density at radius 1 is 1.50 bits per heavy atom. The van der Waals surface area contributed by atoms with Crippen molar-refractivity contribution in [1.29, 1.82) is 0 Å². The minimum Gasteiger partial charge on any atom is -0.468 e. The van der Waals surface area contributed by atoms with Crippen LogP contribution in [0.2, 0.25) is 0 Å². The summed E-state index contributed by atoms with van der Waals surface area (Å²) in [5.74, 6) is 0.173. The molecule has 3 atom stereocenters. The van der Waals surface area contributed by atoms with Gasteiger partial charge in [-0.2, -0.15) is 0 Å². The number of hydrogen-bond acceptors (Lipinski definition) is 4. The molecular formula is C10H16O3S. The molecule has 0 aromatic rings. The Morgan fingerprint density at radius 3 is 2.36 bits per heavy atom. The number of thioether (sulfide) groups is 1. The maximum atomic E-state index is 11.6. The number of ketones is 1. The van der Waals surface area contributed by atoms with Crippen LogP contribution >= 0.6 is 11.8 Å². The van der Waals surface area contributed by atoms with Crippen LogP contribution in [0.15, 0.2) is 0 Å². The Labute approximate surface area is 88.6 Å². The van der Waals surface area contributed by atoms with E-state index in [0.29, 0.717) is 0 Å². The average molecular weight is 216 g/mol. The van der Waals surface area contributed by atoms with Gasteiger partial charge in [0.25, 0.3) is 0 Å². The highest BCUT2D eigenvalue weighted by molar-refractivity contribution is 8.00. The first kappa shape index (κ1) is 11.6. The fraction of sp³-hybridized carbons (Fsp3) is 0.800. The summed E-state index contributed by atoms with van der Waals surface area (Å²) in [5.41, 5.74) is 0. The summed E-state index contributed by atoms with van der Waals surface area (Å²) in [6, 6.07) is 0.